The van der Waals surface area contributed by atoms with Crippen LogP contribution < -0.4 is 0 Å². The molecule has 1 aliphatic rings. The molecule has 1 saturated heterocycles. The lowest BCUT2D eigenvalue weighted by atomic mass is 10.2. The number of halogens is 1. The van der Waals surface area contributed by atoms with Crippen molar-refractivity contribution in [3.8, 4) is 0 Å². The van der Waals surface area contributed by atoms with Crippen LogP contribution in [0, 0.1) is 0 Å². The molecule has 0 spiro atoms. The molecular weight excluding hydrogens is 286 g/mol. The van der Waals surface area contributed by atoms with Gasteiger partial charge in [0, 0.05) is 13.5 Å². The van der Waals surface area contributed by atoms with E-state index in [1.54, 1.807) is 0 Å². The molecule has 1 aliphatic heterocycles. The highest BCUT2D eigenvalue weighted by Crippen LogP contribution is 2.23. The Labute approximate surface area is 123 Å². The van der Waals surface area contributed by atoms with E-state index in [9.17, 15) is 14.4 Å². The SMILES string of the molecule is CCCCOC(=O)[C@@H]1C[C@H](Cl)CN1C(=O)COC(C)=O. The number of ether oxygens (including phenoxy) is 2. The molecule has 0 unspecified atom stereocenters. The number of hydrogen-bond donors (Lipinski definition) is 0. The van der Waals surface area contributed by atoms with E-state index in [0.29, 0.717) is 13.0 Å². The van der Waals surface area contributed by atoms with Crippen molar-refractivity contribution in [2.24, 2.45) is 0 Å². The van der Waals surface area contributed by atoms with Crippen LogP contribution in [0.25, 0.3) is 0 Å². The van der Waals surface area contributed by atoms with Crippen LogP contribution in [0.2, 0.25) is 0 Å². The Kier molecular flexibility index (Phi) is 6.78. The molecule has 2 atom stereocenters. The number of carbonyl (C=O) groups excluding carboxylic acids is 3. The summed E-state index contributed by atoms with van der Waals surface area (Å²) in [5.74, 6) is -1.42. The van der Waals surface area contributed by atoms with Crippen LogP contribution in [0.4, 0.5) is 0 Å². The number of likely N-dealkylation sites (tertiary alicyclic amines) is 1. The van der Waals surface area contributed by atoms with Crippen molar-refractivity contribution in [3.63, 3.8) is 0 Å². The molecule has 114 valence electrons. The van der Waals surface area contributed by atoms with Gasteiger partial charge in [-0.3, -0.25) is 9.59 Å². The summed E-state index contributed by atoms with van der Waals surface area (Å²) < 4.78 is 9.77. The monoisotopic (exact) mass is 305 g/mol. The van der Waals surface area contributed by atoms with E-state index in [1.165, 1.54) is 11.8 Å². The zero-order valence-electron chi connectivity index (χ0n) is 11.8. The van der Waals surface area contributed by atoms with E-state index in [2.05, 4.69) is 4.74 Å². The van der Waals surface area contributed by atoms with E-state index < -0.39 is 23.9 Å². The van der Waals surface area contributed by atoms with Gasteiger partial charge < -0.3 is 14.4 Å². The van der Waals surface area contributed by atoms with Crippen molar-refractivity contribution in [2.75, 3.05) is 19.8 Å². The first-order valence-electron chi connectivity index (χ1n) is 6.69. The van der Waals surface area contributed by atoms with Crippen molar-refractivity contribution >= 4 is 29.4 Å². The van der Waals surface area contributed by atoms with Crippen molar-refractivity contribution in [2.45, 2.75) is 44.5 Å². The maximum atomic E-state index is 11.9. The first-order chi connectivity index (χ1) is 9.45. The molecule has 1 fully saturated rings. The van der Waals surface area contributed by atoms with Crippen LogP contribution in [0.5, 0.6) is 0 Å². The summed E-state index contributed by atoms with van der Waals surface area (Å²) in [5.41, 5.74) is 0. The summed E-state index contributed by atoms with van der Waals surface area (Å²) in [4.78, 5) is 35.9. The second-order valence-electron chi connectivity index (χ2n) is 4.70. The minimum absolute atomic E-state index is 0.259. The topological polar surface area (TPSA) is 72.9 Å². The van der Waals surface area contributed by atoms with Gasteiger partial charge in [-0.15, -0.1) is 11.6 Å². The summed E-state index contributed by atoms with van der Waals surface area (Å²) >= 11 is 6.00. The van der Waals surface area contributed by atoms with Gasteiger partial charge in [-0.25, -0.2) is 4.79 Å². The fraction of sp³-hybridized carbons (Fsp3) is 0.769. The molecule has 7 heteroatoms. The Morgan fingerprint density at radius 2 is 2.00 bits per heavy atom. The molecular formula is C13H20ClNO5. The summed E-state index contributed by atoms with van der Waals surface area (Å²) in [6.45, 7) is 3.43. The maximum absolute atomic E-state index is 11.9. The number of rotatable bonds is 6. The van der Waals surface area contributed by atoms with Crippen molar-refractivity contribution in [1.82, 2.24) is 4.90 Å². The fourth-order valence-electron chi connectivity index (χ4n) is 1.94. The van der Waals surface area contributed by atoms with Crippen molar-refractivity contribution in [3.05, 3.63) is 0 Å². The molecule has 0 bridgehead atoms. The van der Waals surface area contributed by atoms with Gasteiger partial charge in [-0.2, -0.15) is 0 Å². The van der Waals surface area contributed by atoms with Crippen LogP contribution in [0.1, 0.15) is 33.1 Å². The van der Waals surface area contributed by atoms with Crippen LogP contribution in [-0.2, 0) is 23.9 Å². The van der Waals surface area contributed by atoms with Gasteiger partial charge in [0.15, 0.2) is 6.61 Å². The first-order valence-corrected chi connectivity index (χ1v) is 7.12. The first kappa shape index (κ1) is 16.8. The van der Waals surface area contributed by atoms with Gasteiger partial charge in [0.25, 0.3) is 5.91 Å². The molecule has 0 aromatic rings. The minimum atomic E-state index is -0.683. The summed E-state index contributed by atoms with van der Waals surface area (Å²) in [6, 6.07) is -0.683. The Morgan fingerprint density at radius 1 is 1.30 bits per heavy atom. The third-order valence-electron chi connectivity index (χ3n) is 2.98. The third kappa shape index (κ3) is 5.00. The van der Waals surface area contributed by atoms with Crippen molar-refractivity contribution in [1.29, 1.82) is 0 Å². The smallest absolute Gasteiger partial charge is 0.328 e. The predicted octanol–water partition coefficient (Wildman–Crippen LogP) is 1.10. The summed E-state index contributed by atoms with van der Waals surface area (Å²) in [5, 5.41) is -0.292. The number of unbranched alkanes of at least 4 members (excludes halogenated alkanes) is 1. The second kappa shape index (κ2) is 8.09. The zero-order chi connectivity index (χ0) is 15.1. The molecule has 0 saturated carbocycles. The van der Waals surface area contributed by atoms with Crippen molar-refractivity contribution < 1.29 is 23.9 Å². The summed E-state index contributed by atoms with van der Waals surface area (Å²) in [6.07, 6.45) is 2.06. The van der Waals surface area contributed by atoms with Gasteiger partial charge in [0.1, 0.15) is 6.04 Å². The lowest BCUT2D eigenvalue weighted by Gasteiger charge is -2.22. The predicted molar refractivity (Wildman–Crippen MR) is 72.3 cm³/mol. The van der Waals surface area contributed by atoms with Gasteiger partial charge in [-0.1, -0.05) is 13.3 Å². The van der Waals surface area contributed by atoms with Crippen LogP contribution in [0.15, 0.2) is 0 Å². The Morgan fingerprint density at radius 3 is 2.60 bits per heavy atom. The standard InChI is InChI=1S/C13H20ClNO5/c1-3-4-5-19-13(18)11-6-10(14)7-15(11)12(17)8-20-9(2)16/h10-11H,3-8H2,1-2H3/t10-,11-/m0/s1. The van der Waals surface area contributed by atoms with E-state index >= 15 is 0 Å². The molecule has 1 amide bonds. The fourth-order valence-corrected chi connectivity index (χ4v) is 2.26. The minimum Gasteiger partial charge on any atom is -0.464 e. The number of carbonyl (C=O) groups is 3. The average Bonchev–Trinajstić information content (AvgIpc) is 2.78. The molecule has 0 N–H and O–H groups in total. The zero-order valence-corrected chi connectivity index (χ0v) is 12.5. The summed E-state index contributed by atoms with van der Waals surface area (Å²) in [7, 11) is 0. The molecule has 1 rings (SSSR count). The lowest BCUT2D eigenvalue weighted by molar-refractivity contribution is -0.157. The van der Waals surface area contributed by atoms with Gasteiger partial charge in [-0.05, 0) is 12.8 Å². The third-order valence-corrected chi connectivity index (χ3v) is 3.30. The van der Waals surface area contributed by atoms with Gasteiger partial charge in [0.2, 0.25) is 0 Å². The lowest BCUT2D eigenvalue weighted by Crippen LogP contribution is -2.43. The number of nitrogens with zero attached hydrogens (tertiary/aromatic N) is 1. The number of esters is 2. The second-order valence-corrected chi connectivity index (χ2v) is 5.31. The molecule has 20 heavy (non-hydrogen) atoms. The number of hydrogen-bond acceptors (Lipinski definition) is 5. The molecule has 0 aromatic carbocycles. The molecule has 0 radical (unpaired) electrons. The molecule has 1 heterocycles. The molecule has 6 nitrogen and oxygen atoms in total. The van der Waals surface area contributed by atoms with Crippen LogP contribution in [-0.4, -0.2) is 53.9 Å². The van der Waals surface area contributed by atoms with E-state index in [1.807, 2.05) is 6.92 Å². The maximum Gasteiger partial charge on any atom is 0.328 e. The van der Waals surface area contributed by atoms with Crippen LogP contribution in [0.3, 0.4) is 0 Å². The Bertz CT molecular complexity index is 374. The van der Waals surface area contributed by atoms with E-state index in [4.69, 9.17) is 16.3 Å². The highest BCUT2D eigenvalue weighted by Gasteiger charge is 2.39. The van der Waals surface area contributed by atoms with Gasteiger partial charge in [0.05, 0.1) is 12.0 Å². The number of amides is 1. The average molecular weight is 306 g/mol. The highest BCUT2D eigenvalue weighted by atomic mass is 35.5. The van der Waals surface area contributed by atoms with Crippen LogP contribution >= 0.6 is 11.6 Å². The molecule has 0 aromatic heterocycles. The normalized spacial score (nSPS) is 21.6. The number of alkyl halides is 1. The quantitative estimate of drug-likeness (QED) is 0.417. The largest absolute Gasteiger partial charge is 0.464 e. The van der Waals surface area contributed by atoms with Gasteiger partial charge >= 0.3 is 11.9 Å². The Hall–Kier alpha value is -1.30. The highest BCUT2D eigenvalue weighted by molar-refractivity contribution is 6.21. The van der Waals surface area contributed by atoms with E-state index in [0.717, 1.165) is 12.8 Å². The molecule has 0 aliphatic carbocycles. The Balaban J connectivity index is 2.56. The van der Waals surface area contributed by atoms with E-state index in [-0.39, 0.29) is 18.5 Å².